The Morgan fingerprint density at radius 3 is 2.24 bits per heavy atom. The van der Waals surface area contributed by atoms with E-state index < -0.39 is 14.9 Å². The fraction of sp³-hybridized carbons (Fsp3) is 0.455. The first-order chi connectivity index (χ1) is 15.8. The second-order valence-electron chi connectivity index (χ2n) is 8.17. The largest absolute Gasteiger partial charge is 0.379 e. The third-order valence-corrected chi connectivity index (χ3v) is 8.45. The summed E-state index contributed by atoms with van der Waals surface area (Å²) in [6.45, 7) is 5.92. The summed E-state index contributed by atoms with van der Waals surface area (Å²) in [5.74, 6) is 0. The quantitative estimate of drug-likeness (QED) is 0.449. The molecular formula is C22H27ClN4O5S. The van der Waals surface area contributed by atoms with Gasteiger partial charge in [0.1, 0.15) is 5.69 Å². The first kappa shape index (κ1) is 23.9. The molecule has 2 fully saturated rings. The van der Waals surface area contributed by atoms with E-state index in [2.05, 4.69) is 11.8 Å². The Labute approximate surface area is 198 Å². The number of nitro groups is 1. The van der Waals surface area contributed by atoms with E-state index in [0.717, 1.165) is 18.7 Å². The molecule has 2 aliphatic rings. The first-order valence-corrected chi connectivity index (χ1v) is 12.7. The lowest BCUT2D eigenvalue weighted by Gasteiger charge is -2.39. The Bertz CT molecular complexity index is 1100. The lowest BCUT2D eigenvalue weighted by molar-refractivity contribution is -0.384. The van der Waals surface area contributed by atoms with Crippen LogP contribution < -0.4 is 4.90 Å². The molecule has 2 aromatic rings. The summed E-state index contributed by atoms with van der Waals surface area (Å²) < 4.78 is 32.4. The van der Waals surface area contributed by atoms with E-state index in [1.54, 1.807) is 6.07 Å². The molecule has 11 heteroatoms. The monoisotopic (exact) mass is 494 g/mol. The van der Waals surface area contributed by atoms with Gasteiger partial charge in [-0.1, -0.05) is 23.7 Å². The van der Waals surface area contributed by atoms with Crippen LogP contribution in [0.4, 0.5) is 11.4 Å². The number of anilines is 1. The molecule has 2 saturated heterocycles. The van der Waals surface area contributed by atoms with E-state index in [4.69, 9.17) is 16.3 Å². The molecule has 0 spiro atoms. The van der Waals surface area contributed by atoms with Crippen molar-refractivity contribution in [2.24, 2.45) is 0 Å². The third kappa shape index (κ3) is 5.15. The number of halogens is 1. The van der Waals surface area contributed by atoms with Crippen LogP contribution in [-0.4, -0.2) is 75.0 Å². The molecule has 0 saturated carbocycles. The summed E-state index contributed by atoms with van der Waals surface area (Å²) in [6, 6.07) is 12.2. The molecule has 2 aliphatic heterocycles. The Kier molecular flexibility index (Phi) is 7.20. The Morgan fingerprint density at radius 2 is 1.64 bits per heavy atom. The topological polar surface area (TPSA) is 96.2 Å². The van der Waals surface area contributed by atoms with Crippen LogP contribution in [-0.2, 0) is 14.8 Å². The second kappa shape index (κ2) is 9.94. The SMILES string of the molecule is CC(c1ccc(Cl)cc1)N1CCN(c2ccc(S(=O)(=O)N3CCOCC3)cc2[N+](=O)[O-])CC1. The number of rotatable bonds is 6. The fourth-order valence-electron chi connectivity index (χ4n) is 4.32. The van der Waals surface area contributed by atoms with Crippen molar-refractivity contribution in [2.45, 2.75) is 17.9 Å². The average Bonchev–Trinajstić information content (AvgIpc) is 2.84. The van der Waals surface area contributed by atoms with Gasteiger partial charge >= 0.3 is 0 Å². The van der Waals surface area contributed by atoms with Gasteiger partial charge in [0.2, 0.25) is 10.0 Å². The zero-order valence-electron chi connectivity index (χ0n) is 18.4. The fourth-order valence-corrected chi connectivity index (χ4v) is 5.87. The van der Waals surface area contributed by atoms with E-state index in [1.165, 1.54) is 16.4 Å². The van der Waals surface area contributed by atoms with Crippen molar-refractivity contribution in [1.29, 1.82) is 0 Å². The molecule has 1 atom stereocenters. The van der Waals surface area contributed by atoms with Crippen molar-refractivity contribution in [1.82, 2.24) is 9.21 Å². The third-order valence-electron chi connectivity index (χ3n) is 6.31. The zero-order chi connectivity index (χ0) is 23.6. The minimum atomic E-state index is -3.81. The number of piperazine rings is 1. The predicted molar refractivity (Wildman–Crippen MR) is 126 cm³/mol. The van der Waals surface area contributed by atoms with Crippen molar-refractivity contribution in [3.05, 3.63) is 63.2 Å². The molecule has 2 aromatic carbocycles. The molecule has 0 aliphatic carbocycles. The van der Waals surface area contributed by atoms with Gasteiger partial charge in [0.25, 0.3) is 5.69 Å². The lowest BCUT2D eigenvalue weighted by atomic mass is 10.1. The molecule has 2 heterocycles. The number of morpholine rings is 1. The number of hydrogen-bond acceptors (Lipinski definition) is 7. The molecule has 4 rings (SSSR count). The number of hydrogen-bond donors (Lipinski definition) is 0. The van der Waals surface area contributed by atoms with E-state index in [9.17, 15) is 18.5 Å². The Balaban J connectivity index is 1.50. The van der Waals surface area contributed by atoms with Gasteiger partial charge in [-0.3, -0.25) is 15.0 Å². The van der Waals surface area contributed by atoms with Crippen molar-refractivity contribution in [3.8, 4) is 0 Å². The maximum atomic E-state index is 12.9. The standard InChI is InChI=1S/C22H27ClN4O5S/c1-17(18-2-4-19(23)5-3-18)24-8-10-25(11-9-24)21-7-6-20(16-22(21)27(28)29)33(30,31)26-12-14-32-15-13-26/h2-7,16-17H,8-15H2,1H3. The zero-order valence-corrected chi connectivity index (χ0v) is 20.0. The van der Waals surface area contributed by atoms with Crippen molar-refractivity contribution < 1.29 is 18.1 Å². The normalized spacial score (nSPS) is 19.4. The number of benzene rings is 2. The van der Waals surface area contributed by atoms with Gasteiger partial charge in [-0.15, -0.1) is 0 Å². The van der Waals surface area contributed by atoms with Gasteiger partial charge in [0, 0.05) is 56.4 Å². The highest BCUT2D eigenvalue weighted by Gasteiger charge is 2.31. The van der Waals surface area contributed by atoms with Crippen molar-refractivity contribution in [2.75, 3.05) is 57.4 Å². The van der Waals surface area contributed by atoms with E-state index in [-0.39, 0.29) is 29.7 Å². The molecule has 0 radical (unpaired) electrons. The second-order valence-corrected chi connectivity index (χ2v) is 10.5. The van der Waals surface area contributed by atoms with Crippen LogP contribution in [0, 0.1) is 10.1 Å². The van der Waals surface area contributed by atoms with E-state index in [0.29, 0.717) is 37.0 Å². The first-order valence-electron chi connectivity index (χ1n) is 10.9. The van der Waals surface area contributed by atoms with Gasteiger partial charge < -0.3 is 9.64 Å². The summed E-state index contributed by atoms with van der Waals surface area (Å²) in [7, 11) is -3.81. The van der Waals surface area contributed by atoms with Crippen molar-refractivity contribution in [3.63, 3.8) is 0 Å². The van der Waals surface area contributed by atoms with Crippen LogP contribution in [0.5, 0.6) is 0 Å². The molecule has 0 bridgehead atoms. The summed E-state index contributed by atoms with van der Waals surface area (Å²) in [6.07, 6.45) is 0. The minimum absolute atomic E-state index is 0.0603. The average molecular weight is 495 g/mol. The van der Waals surface area contributed by atoms with Gasteiger partial charge in [-0.2, -0.15) is 4.31 Å². The summed E-state index contributed by atoms with van der Waals surface area (Å²) in [4.78, 5) is 15.5. The summed E-state index contributed by atoms with van der Waals surface area (Å²) >= 11 is 5.99. The van der Waals surface area contributed by atoms with Gasteiger partial charge in [-0.25, -0.2) is 8.42 Å². The molecule has 0 aromatic heterocycles. The van der Waals surface area contributed by atoms with Crippen LogP contribution >= 0.6 is 11.6 Å². The van der Waals surface area contributed by atoms with Crippen molar-refractivity contribution >= 4 is 33.0 Å². The Morgan fingerprint density at radius 1 is 1.00 bits per heavy atom. The van der Waals surface area contributed by atoms with Crippen LogP contribution in [0.25, 0.3) is 0 Å². The van der Waals surface area contributed by atoms with E-state index in [1.807, 2.05) is 29.2 Å². The van der Waals surface area contributed by atoms with Gasteiger partial charge in [0.05, 0.1) is 23.0 Å². The highest BCUT2D eigenvalue weighted by Crippen LogP contribution is 2.33. The summed E-state index contributed by atoms with van der Waals surface area (Å²) in [5, 5.41) is 12.5. The van der Waals surface area contributed by atoms with Gasteiger partial charge in [-0.05, 0) is 36.8 Å². The summed E-state index contributed by atoms with van der Waals surface area (Å²) in [5.41, 5.74) is 1.42. The number of nitro benzene ring substituents is 1. The minimum Gasteiger partial charge on any atom is -0.379 e. The number of ether oxygens (including phenoxy) is 1. The van der Waals surface area contributed by atoms with Gasteiger partial charge in [0.15, 0.2) is 0 Å². The Hall–Kier alpha value is -2.24. The lowest BCUT2D eigenvalue weighted by Crippen LogP contribution is -2.47. The number of sulfonamides is 1. The molecule has 9 nitrogen and oxygen atoms in total. The highest BCUT2D eigenvalue weighted by atomic mass is 35.5. The van der Waals surface area contributed by atoms with Crippen LogP contribution in [0.3, 0.4) is 0 Å². The van der Waals surface area contributed by atoms with Crippen LogP contribution in [0.1, 0.15) is 18.5 Å². The predicted octanol–water partition coefficient (Wildman–Crippen LogP) is 3.15. The van der Waals surface area contributed by atoms with E-state index >= 15 is 0 Å². The molecule has 1 unspecified atom stereocenters. The molecule has 0 N–H and O–H groups in total. The molecule has 178 valence electrons. The maximum absolute atomic E-state index is 12.9. The van der Waals surface area contributed by atoms with Crippen LogP contribution in [0.15, 0.2) is 47.4 Å². The van der Waals surface area contributed by atoms with Crippen LogP contribution in [0.2, 0.25) is 5.02 Å². The molecular weight excluding hydrogens is 468 g/mol. The molecule has 33 heavy (non-hydrogen) atoms. The smallest absolute Gasteiger partial charge is 0.293 e. The maximum Gasteiger partial charge on any atom is 0.293 e. The highest BCUT2D eigenvalue weighted by molar-refractivity contribution is 7.89. The molecule has 0 amide bonds. The number of nitrogens with zero attached hydrogens (tertiary/aromatic N) is 4.